The number of nitrogens with zero attached hydrogens (tertiary/aromatic N) is 1. The Kier molecular flexibility index (Phi) is 2.20. The van der Waals surface area contributed by atoms with Crippen LogP contribution in [0.2, 0.25) is 0 Å². The van der Waals surface area contributed by atoms with Gasteiger partial charge in [-0.3, -0.25) is 10.1 Å². The number of nitro groups is 1. The molecule has 80 valence electrons. The van der Waals surface area contributed by atoms with Crippen LogP contribution in [0.5, 0.6) is 11.5 Å². The summed E-state index contributed by atoms with van der Waals surface area (Å²) in [6.45, 7) is 0. The zero-order chi connectivity index (χ0) is 11.0. The van der Waals surface area contributed by atoms with Gasteiger partial charge in [-0.05, 0) is 12.1 Å². The highest BCUT2D eigenvalue weighted by Gasteiger charge is 2.41. The molecule has 1 aliphatic heterocycles. The minimum atomic E-state index is -1.42. The van der Waals surface area contributed by atoms with Gasteiger partial charge in [0.15, 0.2) is 6.10 Å². The Labute approximate surface area is 85.2 Å². The third kappa shape index (κ3) is 1.48. The van der Waals surface area contributed by atoms with Crippen molar-refractivity contribution in [1.29, 1.82) is 0 Å². The van der Waals surface area contributed by atoms with Gasteiger partial charge in [0.1, 0.15) is 11.5 Å². The number of hydrogen-bond donors (Lipinski definition) is 1. The van der Waals surface area contributed by atoms with Crippen molar-refractivity contribution in [2.45, 2.75) is 12.3 Å². The molecule has 0 saturated heterocycles. The normalized spacial score (nSPS) is 23.1. The van der Waals surface area contributed by atoms with Gasteiger partial charge in [-0.15, -0.1) is 0 Å². The molecule has 1 aliphatic rings. The number of aliphatic hydroxyl groups is 1. The lowest BCUT2D eigenvalue weighted by Gasteiger charge is -2.04. The molecule has 6 nitrogen and oxygen atoms in total. The number of aliphatic hydroxyl groups excluding tert-OH is 1. The highest BCUT2D eigenvalue weighted by atomic mass is 16.7. The summed E-state index contributed by atoms with van der Waals surface area (Å²) in [6.07, 6.45) is -2.65. The molecule has 1 aromatic rings. The average Bonchev–Trinajstić information content (AvgIpc) is 2.55. The van der Waals surface area contributed by atoms with Gasteiger partial charge < -0.3 is 14.6 Å². The molecular formula is C9H9NO5. The van der Waals surface area contributed by atoms with Crippen LogP contribution >= 0.6 is 0 Å². The summed E-state index contributed by atoms with van der Waals surface area (Å²) >= 11 is 0. The van der Waals surface area contributed by atoms with Crippen molar-refractivity contribution in [3.63, 3.8) is 0 Å². The second-order valence-corrected chi connectivity index (χ2v) is 3.14. The Morgan fingerprint density at radius 3 is 2.93 bits per heavy atom. The fraction of sp³-hybridized carbons (Fsp3) is 0.333. The minimum absolute atomic E-state index is 0.295. The molecule has 0 radical (unpaired) electrons. The van der Waals surface area contributed by atoms with Crippen LogP contribution in [0.25, 0.3) is 0 Å². The Hall–Kier alpha value is -1.82. The molecule has 0 unspecified atom stereocenters. The zero-order valence-electron chi connectivity index (χ0n) is 7.91. The van der Waals surface area contributed by atoms with E-state index in [2.05, 4.69) is 0 Å². The van der Waals surface area contributed by atoms with Gasteiger partial charge in [0.2, 0.25) is 0 Å². The molecule has 0 aliphatic carbocycles. The minimum Gasteiger partial charge on any atom is -0.497 e. The van der Waals surface area contributed by atoms with Crippen LogP contribution in [-0.4, -0.2) is 23.4 Å². The summed E-state index contributed by atoms with van der Waals surface area (Å²) in [5, 5.41) is 20.1. The van der Waals surface area contributed by atoms with Crippen LogP contribution in [0, 0.1) is 10.1 Å². The molecule has 0 saturated carbocycles. The van der Waals surface area contributed by atoms with E-state index in [0.717, 1.165) is 0 Å². The third-order valence-electron chi connectivity index (χ3n) is 2.26. The molecule has 0 spiro atoms. The lowest BCUT2D eigenvalue weighted by atomic mass is 10.1. The second-order valence-electron chi connectivity index (χ2n) is 3.14. The van der Waals surface area contributed by atoms with Crippen molar-refractivity contribution in [3.05, 3.63) is 33.9 Å². The molecule has 2 rings (SSSR count). The molecule has 1 heterocycles. The Bertz CT molecular complexity index is 405. The summed E-state index contributed by atoms with van der Waals surface area (Å²) < 4.78 is 9.93. The van der Waals surface area contributed by atoms with Gasteiger partial charge in [0, 0.05) is 11.6 Å². The van der Waals surface area contributed by atoms with Gasteiger partial charge in [0.25, 0.3) is 0 Å². The number of rotatable bonds is 2. The van der Waals surface area contributed by atoms with Crippen molar-refractivity contribution in [3.8, 4) is 11.5 Å². The van der Waals surface area contributed by atoms with E-state index in [-0.39, 0.29) is 0 Å². The molecule has 1 aromatic carbocycles. The molecule has 1 N–H and O–H groups in total. The Balaban J connectivity index is 2.36. The smallest absolute Gasteiger partial charge is 0.384 e. The molecule has 15 heavy (non-hydrogen) atoms. The topological polar surface area (TPSA) is 81.8 Å². The molecule has 0 bridgehead atoms. The first-order chi connectivity index (χ1) is 7.13. The maximum Gasteiger partial charge on any atom is 0.384 e. The van der Waals surface area contributed by atoms with Crippen molar-refractivity contribution in [2.24, 2.45) is 0 Å². The molecule has 0 aromatic heterocycles. The van der Waals surface area contributed by atoms with Gasteiger partial charge in [-0.2, -0.15) is 0 Å². The van der Waals surface area contributed by atoms with Crippen molar-refractivity contribution in [1.82, 2.24) is 0 Å². The van der Waals surface area contributed by atoms with Gasteiger partial charge in [-0.1, -0.05) is 0 Å². The number of benzene rings is 1. The summed E-state index contributed by atoms with van der Waals surface area (Å²) in [5.41, 5.74) is 0.414. The van der Waals surface area contributed by atoms with Gasteiger partial charge >= 0.3 is 6.23 Å². The van der Waals surface area contributed by atoms with Crippen LogP contribution in [0.3, 0.4) is 0 Å². The molecule has 0 amide bonds. The highest BCUT2D eigenvalue weighted by molar-refractivity contribution is 5.44. The molecule has 0 fully saturated rings. The first kappa shape index (κ1) is 9.72. The van der Waals surface area contributed by atoms with Gasteiger partial charge in [0.05, 0.1) is 12.0 Å². The van der Waals surface area contributed by atoms with Crippen LogP contribution in [0.1, 0.15) is 11.7 Å². The fourth-order valence-corrected chi connectivity index (χ4v) is 1.49. The maximum atomic E-state index is 10.5. The number of ether oxygens (including phenoxy) is 2. The van der Waals surface area contributed by atoms with Crippen LogP contribution < -0.4 is 9.47 Å². The third-order valence-corrected chi connectivity index (χ3v) is 2.26. The molecule has 2 atom stereocenters. The summed E-state index contributed by atoms with van der Waals surface area (Å²) in [7, 11) is 1.48. The Morgan fingerprint density at radius 2 is 2.33 bits per heavy atom. The van der Waals surface area contributed by atoms with Crippen LogP contribution in [0.15, 0.2) is 18.2 Å². The van der Waals surface area contributed by atoms with E-state index in [1.807, 2.05) is 0 Å². The Morgan fingerprint density at radius 1 is 1.60 bits per heavy atom. The maximum absolute atomic E-state index is 10.5. The SMILES string of the molecule is COc1ccc2c(c1)O[C@@H]([N+](=O)[O-])[C@@H]2O. The fourth-order valence-electron chi connectivity index (χ4n) is 1.49. The van der Waals surface area contributed by atoms with E-state index < -0.39 is 17.3 Å². The standard InChI is InChI=1S/C9H9NO5/c1-14-5-2-3-6-7(4-5)15-9(8(6)11)10(12)13/h2-4,8-9,11H,1H3/t8-,9-/m1/s1. The van der Waals surface area contributed by atoms with Crippen molar-refractivity contribution >= 4 is 0 Å². The first-order valence-corrected chi connectivity index (χ1v) is 4.29. The highest BCUT2D eigenvalue weighted by Crippen LogP contribution is 2.38. The summed E-state index contributed by atoms with van der Waals surface area (Å²) in [6, 6.07) is 4.69. The lowest BCUT2D eigenvalue weighted by molar-refractivity contribution is -0.572. The van der Waals surface area contributed by atoms with E-state index >= 15 is 0 Å². The van der Waals surface area contributed by atoms with E-state index in [1.54, 1.807) is 12.1 Å². The summed E-state index contributed by atoms with van der Waals surface area (Å²) in [5.74, 6) is 0.827. The monoisotopic (exact) mass is 211 g/mol. The second kappa shape index (κ2) is 3.39. The first-order valence-electron chi connectivity index (χ1n) is 4.29. The van der Waals surface area contributed by atoms with E-state index in [1.165, 1.54) is 13.2 Å². The van der Waals surface area contributed by atoms with E-state index in [9.17, 15) is 15.2 Å². The van der Waals surface area contributed by atoms with Gasteiger partial charge in [-0.25, -0.2) is 0 Å². The van der Waals surface area contributed by atoms with Crippen LogP contribution in [-0.2, 0) is 0 Å². The lowest BCUT2D eigenvalue weighted by Crippen LogP contribution is -2.27. The van der Waals surface area contributed by atoms with E-state index in [4.69, 9.17) is 9.47 Å². The predicted molar refractivity (Wildman–Crippen MR) is 49.4 cm³/mol. The van der Waals surface area contributed by atoms with Crippen molar-refractivity contribution in [2.75, 3.05) is 7.11 Å². The number of hydrogen-bond acceptors (Lipinski definition) is 5. The summed E-state index contributed by atoms with van der Waals surface area (Å²) in [4.78, 5) is 9.87. The molecule has 6 heteroatoms. The quantitative estimate of drug-likeness (QED) is 0.575. The number of methoxy groups -OCH3 is 1. The number of fused-ring (bicyclic) bond motifs is 1. The largest absolute Gasteiger partial charge is 0.497 e. The van der Waals surface area contributed by atoms with Crippen molar-refractivity contribution < 1.29 is 19.5 Å². The molecular weight excluding hydrogens is 202 g/mol. The van der Waals surface area contributed by atoms with E-state index in [0.29, 0.717) is 17.1 Å². The zero-order valence-corrected chi connectivity index (χ0v) is 7.91. The average molecular weight is 211 g/mol. The predicted octanol–water partition coefficient (Wildman–Crippen LogP) is 0.724. The van der Waals surface area contributed by atoms with Crippen LogP contribution in [0.4, 0.5) is 0 Å².